The highest BCUT2D eigenvalue weighted by atomic mass is 35.5. The first kappa shape index (κ1) is 16.1. The van der Waals surface area contributed by atoms with Gasteiger partial charge in [-0.05, 0) is 24.3 Å². The molecule has 0 aliphatic heterocycles. The summed E-state index contributed by atoms with van der Waals surface area (Å²) in [6, 6.07) is 10.0. The molecular formula is C13H10ClNO6S. The minimum Gasteiger partial charge on any atom is -0.504 e. The Bertz CT molecular complexity index is 807. The molecule has 0 spiro atoms. The summed E-state index contributed by atoms with van der Waals surface area (Å²) in [4.78, 5) is 10.9. The van der Waals surface area contributed by atoms with Crippen molar-refractivity contribution in [3.05, 3.63) is 47.5 Å². The van der Waals surface area contributed by atoms with Crippen molar-refractivity contribution in [2.24, 2.45) is 0 Å². The van der Waals surface area contributed by atoms with E-state index in [1.165, 1.54) is 12.1 Å². The summed E-state index contributed by atoms with van der Waals surface area (Å²) in [5, 5.41) is 11.8. The number of hydrogen-bond acceptors (Lipinski definition) is 5. The molecule has 0 atom stereocenters. The number of benzene rings is 2. The predicted octanol–water partition coefficient (Wildman–Crippen LogP) is 2.90. The van der Waals surface area contributed by atoms with Crippen molar-refractivity contribution in [2.45, 2.75) is 4.90 Å². The number of carbonyl (C=O) groups is 1. The molecule has 0 aromatic heterocycles. The summed E-state index contributed by atoms with van der Waals surface area (Å²) in [6.07, 6.45) is -0.968. The van der Waals surface area contributed by atoms with E-state index in [0.29, 0.717) is 0 Å². The third kappa shape index (κ3) is 3.88. The Kier molecular flexibility index (Phi) is 4.55. The zero-order valence-electron chi connectivity index (χ0n) is 10.9. The molecule has 0 fully saturated rings. The third-order valence-corrected chi connectivity index (χ3v) is 3.59. The number of phenolic OH excluding ortho intramolecular Hbond substituents is 1. The van der Waals surface area contributed by atoms with Gasteiger partial charge in [-0.1, -0.05) is 29.8 Å². The monoisotopic (exact) mass is 343 g/mol. The molecule has 0 saturated carbocycles. The Morgan fingerprint density at radius 3 is 2.41 bits per heavy atom. The number of aromatic hydroxyl groups is 1. The highest BCUT2D eigenvalue weighted by Crippen LogP contribution is 2.34. The second kappa shape index (κ2) is 6.22. The van der Waals surface area contributed by atoms with Crippen LogP contribution in [0.25, 0.3) is 0 Å². The minimum atomic E-state index is -4.70. The number of para-hydroxylation sites is 1. The molecule has 0 radical (unpaired) electrons. The predicted molar refractivity (Wildman–Crippen MR) is 79.0 cm³/mol. The maximum atomic E-state index is 11.7. The van der Waals surface area contributed by atoms with E-state index in [1.54, 1.807) is 18.2 Å². The Morgan fingerprint density at radius 1 is 1.18 bits per heavy atom. The number of nitrogens with one attached hydrogen (secondary N) is 1. The van der Waals surface area contributed by atoms with Crippen LogP contribution < -0.4 is 10.1 Å². The molecular weight excluding hydrogens is 334 g/mol. The Balaban J connectivity index is 2.26. The van der Waals surface area contributed by atoms with Gasteiger partial charge in [0.1, 0.15) is 10.6 Å². The topological polar surface area (TPSA) is 113 Å². The van der Waals surface area contributed by atoms with Gasteiger partial charge in [0, 0.05) is 5.02 Å². The Hall–Kier alpha value is -2.29. The van der Waals surface area contributed by atoms with E-state index in [0.717, 1.165) is 12.1 Å². The molecule has 0 heterocycles. The van der Waals surface area contributed by atoms with Gasteiger partial charge in [-0.15, -0.1) is 0 Å². The van der Waals surface area contributed by atoms with Crippen LogP contribution in [0.4, 0.5) is 10.5 Å². The summed E-state index contributed by atoms with van der Waals surface area (Å²) in [7, 11) is -4.70. The maximum Gasteiger partial charge on any atom is 0.417 e. The number of carbonyl (C=O) groups excluding carboxylic acids is 1. The van der Waals surface area contributed by atoms with Gasteiger partial charge in [0.2, 0.25) is 0 Å². The first-order chi connectivity index (χ1) is 10.3. The van der Waals surface area contributed by atoms with E-state index in [1.807, 2.05) is 0 Å². The summed E-state index contributed by atoms with van der Waals surface area (Å²) < 4.78 is 36.2. The highest BCUT2D eigenvalue weighted by molar-refractivity contribution is 7.86. The van der Waals surface area contributed by atoms with Crippen LogP contribution >= 0.6 is 11.6 Å². The average Bonchev–Trinajstić information content (AvgIpc) is 2.42. The zero-order valence-corrected chi connectivity index (χ0v) is 12.4. The molecule has 0 aliphatic rings. The van der Waals surface area contributed by atoms with Gasteiger partial charge < -0.3 is 9.84 Å². The van der Waals surface area contributed by atoms with Crippen LogP contribution in [0.2, 0.25) is 5.02 Å². The molecule has 2 aromatic rings. The van der Waals surface area contributed by atoms with Crippen LogP contribution in [0.3, 0.4) is 0 Å². The van der Waals surface area contributed by atoms with E-state index in [9.17, 15) is 18.3 Å². The second-order valence-corrected chi connectivity index (χ2v) is 5.93. The molecule has 2 rings (SSSR count). The fourth-order valence-electron chi connectivity index (χ4n) is 1.60. The van der Waals surface area contributed by atoms with E-state index in [-0.39, 0.29) is 16.5 Å². The molecule has 116 valence electrons. The normalized spacial score (nSPS) is 11.0. The average molecular weight is 344 g/mol. The molecule has 0 saturated heterocycles. The second-order valence-electron chi connectivity index (χ2n) is 4.10. The quantitative estimate of drug-likeness (QED) is 0.583. The molecule has 22 heavy (non-hydrogen) atoms. The number of anilines is 1. The molecule has 0 unspecified atom stereocenters. The van der Waals surface area contributed by atoms with Crippen LogP contribution in [-0.2, 0) is 10.1 Å². The lowest BCUT2D eigenvalue weighted by molar-refractivity contribution is 0.215. The van der Waals surface area contributed by atoms with Gasteiger partial charge in [0.25, 0.3) is 10.1 Å². The summed E-state index contributed by atoms with van der Waals surface area (Å²) in [5.74, 6) is -0.603. The highest BCUT2D eigenvalue weighted by Gasteiger charge is 2.21. The van der Waals surface area contributed by atoms with Crippen molar-refractivity contribution in [3.63, 3.8) is 0 Å². The minimum absolute atomic E-state index is 0.111. The number of amides is 1. The Morgan fingerprint density at radius 2 is 1.82 bits per heavy atom. The SMILES string of the molecule is O=C(Nc1cc(Cl)cc(S(=O)(=O)O)c1O)Oc1ccccc1. The van der Waals surface area contributed by atoms with Gasteiger partial charge in [0.15, 0.2) is 5.75 Å². The lowest BCUT2D eigenvalue weighted by Crippen LogP contribution is -2.17. The first-order valence-electron chi connectivity index (χ1n) is 5.81. The largest absolute Gasteiger partial charge is 0.504 e. The van der Waals surface area contributed by atoms with Crippen molar-refractivity contribution in [3.8, 4) is 11.5 Å². The van der Waals surface area contributed by atoms with Crippen LogP contribution in [-0.4, -0.2) is 24.2 Å². The van der Waals surface area contributed by atoms with Gasteiger partial charge in [0.05, 0.1) is 5.69 Å². The van der Waals surface area contributed by atoms with Crippen molar-refractivity contribution in [1.82, 2.24) is 0 Å². The molecule has 0 aliphatic carbocycles. The lowest BCUT2D eigenvalue weighted by Gasteiger charge is -2.10. The smallest absolute Gasteiger partial charge is 0.417 e. The Labute approximate surface area is 130 Å². The number of halogens is 1. The van der Waals surface area contributed by atoms with E-state index >= 15 is 0 Å². The fourth-order valence-corrected chi connectivity index (χ4v) is 2.51. The summed E-state index contributed by atoms with van der Waals surface area (Å²) in [5.41, 5.74) is -0.318. The van der Waals surface area contributed by atoms with Crippen LogP contribution in [0.5, 0.6) is 11.5 Å². The molecule has 0 bridgehead atoms. The van der Waals surface area contributed by atoms with Crippen LogP contribution in [0, 0.1) is 0 Å². The fraction of sp³-hybridized carbons (Fsp3) is 0. The molecule has 3 N–H and O–H groups in total. The van der Waals surface area contributed by atoms with E-state index in [4.69, 9.17) is 20.9 Å². The molecule has 1 amide bonds. The zero-order chi connectivity index (χ0) is 16.3. The molecule has 9 heteroatoms. The van der Waals surface area contributed by atoms with Crippen molar-refractivity contribution in [1.29, 1.82) is 0 Å². The van der Waals surface area contributed by atoms with Gasteiger partial charge in [-0.25, -0.2) is 4.79 Å². The first-order valence-corrected chi connectivity index (χ1v) is 7.63. The van der Waals surface area contributed by atoms with E-state index in [2.05, 4.69) is 5.32 Å². The maximum absolute atomic E-state index is 11.7. The van der Waals surface area contributed by atoms with Crippen molar-refractivity contribution in [2.75, 3.05) is 5.32 Å². The van der Waals surface area contributed by atoms with Crippen molar-refractivity contribution < 1.29 is 27.6 Å². The number of phenols is 1. The number of rotatable bonds is 3. The third-order valence-electron chi connectivity index (χ3n) is 2.51. The number of hydrogen-bond donors (Lipinski definition) is 3. The molecule has 2 aromatic carbocycles. The lowest BCUT2D eigenvalue weighted by atomic mass is 10.3. The van der Waals surface area contributed by atoms with E-state index < -0.39 is 26.9 Å². The molecule has 7 nitrogen and oxygen atoms in total. The standard InChI is InChI=1S/C13H10ClNO6S/c14-8-6-10(12(16)11(7-8)22(18,19)20)15-13(17)21-9-4-2-1-3-5-9/h1-7,16H,(H,15,17)(H,18,19,20). The summed E-state index contributed by atoms with van der Waals surface area (Å²) in [6.45, 7) is 0. The van der Waals surface area contributed by atoms with Crippen LogP contribution in [0.1, 0.15) is 0 Å². The van der Waals surface area contributed by atoms with Crippen LogP contribution in [0.15, 0.2) is 47.4 Å². The van der Waals surface area contributed by atoms with Gasteiger partial charge >= 0.3 is 6.09 Å². The summed E-state index contributed by atoms with van der Waals surface area (Å²) >= 11 is 5.69. The van der Waals surface area contributed by atoms with Gasteiger partial charge in [-0.3, -0.25) is 9.87 Å². The van der Waals surface area contributed by atoms with Gasteiger partial charge in [-0.2, -0.15) is 8.42 Å². The number of ether oxygens (including phenoxy) is 1. The van der Waals surface area contributed by atoms with Crippen molar-refractivity contribution >= 4 is 33.5 Å².